The molecule has 0 saturated heterocycles. The van der Waals surface area contributed by atoms with E-state index in [-0.39, 0.29) is 5.41 Å². The second-order valence-corrected chi connectivity index (χ2v) is 8.08. The Labute approximate surface area is 181 Å². The summed E-state index contributed by atoms with van der Waals surface area (Å²) < 4.78 is 18.1. The average molecular weight is 427 g/mol. The van der Waals surface area contributed by atoms with Crippen molar-refractivity contribution in [2.24, 2.45) is 5.10 Å². The molecule has 0 saturated carbocycles. The lowest BCUT2D eigenvalue weighted by Gasteiger charge is -2.18. The zero-order chi connectivity index (χ0) is 21.9. The number of nitrogens with zero attached hydrogens (tertiary/aromatic N) is 3. The Hall–Kier alpha value is -3.13. The van der Waals surface area contributed by atoms with E-state index in [0.29, 0.717) is 27.8 Å². The largest absolute Gasteiger partial charge is 0.493 e. The minimum absolute atomic E-state index is 0.0773. The quantitative estimate of drug-likeness (QED) is 0.452. The molecule has 0 aliphatic carbocycles. The summed E-state index contributed by atoms with van der Waals surface area (Å²) in [7, 11) is 4.71. The van der Waals surface area contributed by atoms with Gasteiger partial charge in [-0.05, 0) is 35.3 Å². The molecule has 1 aromatic heterocycles. The predicted octanol–water partition coefficient (Wildman–Crippen LogP) is 4.81. The maximum Gasteiger partial charge on any atom is 0.216 e. The predicted molar refractivity (Wildman–Crippen MR) is 121 cm³/mol. The number of ether oxygens (including phenoxy) is 3. The lowest BCUT2D eigenvalue weighted by molar-refractivity contribution is 0.324. The van der Waals surface area contributed by atoms with Gasteiger partial charge in [0.1, 0.15) is 0 Å². The van der Waals surface area contributed by atoms with Crippen LogP contribution in [0.3, 0.4) is 0 Å². The van der Waals surface area contributed by atoms with Crippen LogP contribution in [0, 0.1) is 4.77 Å². The van der Waals surface area contributed by atoms with E-state index in [0.717, 1.165) is 11.1 Å². The van der Waals surface area contributed by atoms with Crippen molar-refractivity contribution in [1.82, 2.24) is 14.9 Å². The van der Waals surface area contributed by atoms with Gasteiger partial charge in [-0.2, -0.15) is 14.9 Å². The summed E-state index contributed by atoms with van der Waals surface area (Å²) in [4.78, 5) is 0. The first-order chi connectivity index (χ1) is 14.3. The maximum atomic E-state index is 5.40. The lowest BCUT2D eigenvalue weighted by atomic mass is 9.87. The molecular formula is C22H26N4O3S. The SMILES string of the molecule is COc1cc(/C=N\n2c(-c3ccc(C(C)(C)C)cc3)n[nH]c2=S)cc(OC)c1OC. The van der Waals surface area contributed by atoms with Crippen LogP contribution in [0.5, 0.6) is 17.2 Å². The van der Waals surface area contributed by atoms with Crippen molar-refractivity contribution in [1.29, 1.82) is 0 Å². The van der Waals surface area contributed by atoms with Gasteiger partial charge in [0.15, 0.2) is 17.3 Å². The van der Waals surface area contributed by atoms with Gasteiger partial charge in [-0.1, -0.05) is 45.0 Å². The standard InChI is InChI=1S/C22H26N4O3S/c1-22(2,3)16-9-7-15(8-10-16)20-24-25-21(30)26(20)23-13-14-11-17(27-4)19(29-6)18(12-14)28-5/h7-13H,1-6H3,(H,25,30)/b23-13-. The fourth-order valence-electron chi connectivity index (χ4n) is 3.01. The summed E-state index contributed by atoms with van der Waals surface area (Å²) in [6, 6.07) is 11.9. The van der Waals surface area contributed by atoms with E-state index >= 15 is 0 Å². The summed E-state index contributed by atoms with van der Waals surface area (Å²) in [5, 5.41) is 11.7. The molecule has 0 bridgehead atoms. The second kappa shape index (κ2) is 8.71. The smallest absolute Gasteiger partial charge is 0.216 e. The van der Waals surface area contributed by atoms with Gasteiger partial charge in [-0.25, -0.2) is 5.10 Å². The molecule has 0 unspecified atom stereocenters. The highest BCUT2D eigenvalue weighted by molar-refractivity contribution is 7.71. The molecule has 30 heavy (non-hydrogen) atoms. The number of nitrogens with one attached hydrogen (secondary N) is 1. The molecule has 7 nitrogen and oxygen atoms in total. The Morgan fingerprint density at radius 3 is 2.10 bits per heavy atom. The zero-order valence-electron chi connectivity index (χ0n) is 18.0. The number of rotatable bonds is 6. The molecule has 0 spiro atoms. The fraction of sp³-hybridized carbons (Fsp3) is 0.318. The average Bonchev–Trinajstić information content (AvgIpc) is 3.11. The first-order valence-electron chi connectivity index (χ1n) is 9.41. The molecule has 0 atom stereocenters. The van der Waals surface area contributed by atoms with Crippen LogP contribution < -0.4 is 14.2 Å². The number of aromatic amines is 1. The third-order valence-corrected chi connectivity index (χ3v) is 4.93. The normalized spacial score (nSPS) is 11.7. The maximum absolute atomic E-state index is 5.40. The van der Waals surface area contributed by atoms with Crippen LogP contribution in [0.15, 0.2) is 41.5 Å². The van der Waals surface area contributed by atoms with Gasteiger partial charge in [0, 0.05) is 11.1 Å². The van der Waals surface area contributed by atoms with E-state index in [4.69, 9.17) is 26.4 Å². The van der Waals surface area contributed by atoms with Gasteiger partial charge in [-0.15, -0.1) is 0 Å². The van der Waals surface area contributed by atoms with Gasteiger partial charge in [0.05, 0.1) is 27.5 Å². The van der Waals surface area contributed by atoms with Gasteiger partial charge in [-0.3, -0.25) is 0 Å². The van der Waals surface area contributed by atoms with Gasteiger partial charge in [0.2, 0.25) is 10.5 Å². The van der Waals surface area contributed by atoms with E-state index < -0.39 is 0 Å². The minimum atomic E-state index is 0.0773. The molecule has 8 heteroatoms. The molecule has 3 aromatic rings. The molecule has 0 amide bonds. The molecule has 1 N–H and O–H groups in total. The summed E-state index contributed by atoms with van der Waals surface area (Å²) in [5.74, 6) is 2.25. The Morgan fingerprint density at radius 2 is 1.60 bits per heavy atom. The first kappa shape index (κ1) is 21.6. The monoisotopic (exact) mass is 426 g/mol. The molecule has 158 valence electrons. The Balaban J connectivity index is 1.98. The third kappa shape index (κ3) is 4.38. The molecule has 2 aromatic carbocycles. The third-order valence-electron chi connectivity index (χ3n) is 4.67. The molecule has 0 aliphatic rings. The summed E-state index contributed by atoms with van der Waals surface area (Å²) in [6.45, 7) is 6.54. The van der Waals surface area contributed by atoms with Crippen molar-refractivity contribution >= 4 is 18.4 Å². The van der Waals surface area contributed by atoms with E-state index in [1.165, 1.54) is 5.56 Å². The topological polar surface area (TPSA) is 73.7 Å². The van der Waals surface area contributed by atoms with E-state index in [9.17, 15) is 0 Å². The number of hydrogen-bond acceptors (Lipinski definition) is 6. The van der Waals surface area contributed by atoms with Crippen molar-refractivity contribution < 1.29 is 14.2 Å². The van der Waals surface area contributed by atoms with Crippen molar-refractivity contribution in [2.75, 3.05) is 21.3 Å². The molecule has 3 rings (SSSR count). The van der Waals surface area contributed by atoms with Crippen LogP contribution in [-0.4, -0.2) is 42.4 Å². The van der Waals surface area contributed by atoms with Crippen LogP contribution in [0.4, 0.5) is 0 Å². The molecule has 0 radical (unpaired) electrons. The van der Waals surface area contributed by atoms with Gasteiger partial charge >= 0.3 is 0 Å². The lowest BCUT2D eigenvalue weighted by Crippen LogP contribution is -2.10. The van der Waals surface area contributed by atoms with Gasteiger partial charge < -0.3 is 14.2 Å². The molecule has 1 heterocycles. The Kier molecular flexibility index (Phi) is 6.26. The fourth-order valence-corrected chi connectivity index (χ4v) is 3.18. The zero-order valence-corrected chi connectivity index (χ0v) is 18.8. The van der Waals surface area contributed by atoms with Crippen molar-refractivity contribution in [3.8, 4) is 28.6 Å². The molecule has 0 fully saturated rings. The number of hydrogen-bond donors (Lipinski definition) is 1. The minimum Gasteiger partial charge on any atom is -0.493 e. The van der Waals surface area contributed by atoms with Crippen LogP contribution in [0.1, 0.15) is 31.9 Å². The van der Waals surface area contributed by atoms with Crippen LogP contribution in [0.2, 0.25) is 0 Å². The summed E-state index contributed by atoms with van der Waals surface area (Å²) in [6.07, 6.45) is 1.67. The van der Waals surface area contributed by atoms with Crippen LogP contribution in [-0.2, 0) is 5.41 Å². The number of H-pyrrole nitrogens is 1. The highest BCUT2D eigenvalue weighted by Gasteiger charge is 2.15. The highest BCUT2D eigenvalue weighted by Crippen LogP contribution is 2.37. The number of benzene rings is 2. The van der Waals surface area contributed by atoms with Gasteiger partial charge in [0.25, 0.3) is 0 Å². The second-order valence-electron chi connectivity index (χ2n) is 7.69. The van der Waals surface area contributed by atoms with Crippen molar-refractivity contribution in [3.05, 3.63) is 52.3 Å². The van der Waals surface area contributed by atoms with Crippen LogP contribution in [0.25, 0.3) is 11.4 Å². The van der Waals surface area contributed by atoms with E-state index in [2.05, 4.69) is 48.2 Å². The molecular weight excluding hydrogens is 400 g/mol. The van der Waals surface area contributed by atoms with E-state index in [1.54, 1.807) is 32.2 Å². The van der Waals surface area contributed by atoms with E-state index in [1.807, 2.05) is 24.3 Å². The summed E-state index contributed by atoms with van der Waals surface area (Å²) >= 11 is 5.37. The van der Waals surface area contributed by atoms with Crippen LogP contribution >= 0.6 is 12.2 Å². The van der Waals surface area contributed by atoms with Crippen molar-refractivity contribution in [2.45, 2.75) is 26.2 Å². The highest BCUT2D eigenvalue weighted by atomic mass is 32.1. The number of methoxy groups -OCH3 is 3. The Morgan fingerprint density at radius 1 is 1.00 bits per heavy atom. The first-order valence-corrected chi connectivity index (χ1v) is 9.82. The molecule has 0 aliphatic heterocycles. The Bertz CT molecular complexity index is 1080. The van der Waals surface area contributed by atoms with Crippen molar-refractivity contribution in [3.63, 3.8) is 0 Å². The number of aromatic nitrogens is 3. The summed E-state index contributed by atoms with van der Waals surface area (Å²) in [5.41, 5.74) is 3.00.